The quantitative estimate of drug-likeness (QED) is 0.0450. The number of anilines is 2. The van der Waals surface area contributed by atoms with Crippen LogP contribution in [0.5, 0.6) is 17.2 Å². The zero-order valence-corrected chi connectivity index (χ0v) is 45.0. The van der Waals surface area contributed by atoms with Crippen molar-refractivity contribution in [3.8, 4) is 17.2 Å². The smallest absolute Gasteiger partial charge is 0.317 e. The molecule has 1 unspecified atom stereocenters. The van der Waals surface area contributed by atoms with Gasteiger partial charge < -0.3 is 40.0 Å². The largest absolute Gasteiger partial charge is 0.497 e. The SMILES string of the molecule is COc1ccc(CNC(=O)N2CCN(C3CC4(CCN(c5ccc(C(=O)NS(=O)(=O)c6ccc(NCC7CCC(C)(O)CC7)c([N+](=O)[O-])c6)c(Oc6cnc7[nH]ccc7c6)c5)CC4)C3)C(c3ccccc3C(C)C)C2)cc1. The highest BCUT2D eigenvalue weighted by Gasteiger charge is 2.50. The fourth-order valence-corrected chi connectivity index (χ4v) is 12.9. The average Bonchev–Trinajstić information content (AvgIpc) is 3.89. The molecular formula is C58H69N9O9S. The first-order chi connectivity index (χ1) is 36.9. The van der Waals surface area contributed by atoms with Crippen LogP contribution in [0.25, 0.3) is 11.0 Å². The monoisotopic (exact) mass is 1070 g/mol. The number of methoxy groups -OCH3 is 1. The van der Waals surface area contributed by atoms with E-state index in [0.717, 1.165) is 86.6 Å². The van der Waals surface area contributed by atoms with Crippen molar-refractivity contribution in [2.24, 2.45) is 11.3 Å². The Bertz CT molecular complexity index is 3230. The molecule has 0 bridgehead atoms. The highest BCUT2D eigenvalue weighted by atomic mass is 32.2. The normalized spacial score (nSPS) is 20.9. The zero-order chi connectivity index (χ0) is 54.1. The number of sulfonamides is 1. The van der Waals surface area contributed by atoms with Gasteiger partial charge in [0.15, 0.2) is 0 Å². The van der Waals surface area contributed by atoms with Crippen LogP contribution in [0.2, 0.25) is 0 Å². The summed E-state index contributed by atoms with van der Waals surface area (Å²) >= 11 is 0. The van der Waals surface area contributed by atoms with Gasteiger partial charge in [0.05, 0.1) is 40.3 Å². The van der Waals surface area contributed by atoms with Crippen molar-refractivity contribution in [1.29, 1.82) is 0 Å². The number of H-pyrrole nitrogens is 1. The van der Waals surface area contributed by atoms with E-state index in [2.05, 4.69) is 73.2 Å². The van der Waals surface area contributed by atoms with Gasteiger partial charge in [-0.15, -0.1) is 0 Å². The molecule has 18 nitrogen and oxygen atoms in total. The van der Waals surface area contributed by atoms with Crippen molar-refractivity contribution in [3.05, 3.63) is 142 Å². The lowest BCUT2D eigenvalue weighted by atomic mass is 9.59. The molecule has 1 atom stereocenters. The molecule has 3 amide bonds. The van der Waals surface area contributed by atoms with Crippen LogP contribution >= 0.6 is 0 Å². The van der Waals surface area contributed by atoms with Crippen molar-refractivity contribution in [3.63, 3.8) is 0 Å². The maximum Gasteiger partial charge on any atom is 0.317 e. The fraction of sp³-hybridized carbons (Fsp3) is 0.431. The molecular weight excluding hydrogens is 999 g/mol. The Labute approximate surface area is 449 Å². The standard InChI is InChI=1S/C58H69N9O9S/c1-38(2)47-7-5-6-8-48(47)52-37-65(56(69)62-35-39-9-12-44(75-4)13-10-39)27-28-66(52)43-32-58(33-43)22-25-64(26-23-58)42-11-15-49(53(30-42)76-45-29-41-19-24-59-54(41)61-36-45)55(68)63-77(73,74)46-14-16-50(51(31-46)67(71)72)60-34-40-17-20-57(3,70)21-18-40/h5-16,19,24,29-31,36,38,40,43,52,60,70H,17-18,20-23,25-28,32-35,37H2,1-4H3,(H,59,61)(H,62,69)(H,63,68). The van der Waals surface area contributed by atoms with E-state index < -0.39 is 37.0 Å². The number of aromatic amines is 1. The first-order valence-corrected chi connectivity index (χ1v) is 28.3. The van der Waals surface area contributed by atoms with E-state index in [0.29, 0.717) is 62.4 Å². The highest BCUT2D eigenvalue weighted by molar-refractivity contribution is 7.90. The zero-order valence-electron chi connectivity index (χ0n) is 44.2. The molecule has 2 aromatic heterocycles. The van der Waals surface area contributed by atoms with Gasteiger partial charge in [0.1, 0.15) is 28.6 Å². The molecule has 2 saturated carbocycles. The van der Waals surface area contributed by atoms with Crippen LogP contribution in [0.15, 0.2) is 114 Å². The fourth-order valence-electron chi connectivity index (χ4n) is 11.9. The van der Waals surface area contributed by atoms with E-state index in [4.69, 9.17) is 9.47 Å². The van der Waals surface area contributed by atoms with E-state index in [1.54, 1.807) is 37.6 Å². The van der Waals surface area contributed by atoms with E-state index in [1.807, 2.05) is 42.2 Å². The first-order valence-electron chi connectivity index (χ1n) is 26.8. The summed E-state index contributed by atoms with van der Waals surface area (Å²) in [4.78, 5) is 53.4. The van der Waals surface area contributed by atoms with Crippen LogP contribution in [0.1, 0.15) is 111 Å². The number of piperidine rings is 1. The van der Waals surface area contributed by atoms with Crippen LogP contribution in [0.3, 0.4) is 0 Å². The second kappa shape index (κ2) is 22.0. The van der Waals surface area contributed by atoms with E-state index in [9.17, 15) is 33.2 Å². The number of nitro benzene ring substituents is 1. The van der Waals surface area contributed by atoms with Gasteiger partial charge in [-0.2, -0.15) is 0 Å². The number of aliphatic hydroxyl groups is 1. The number of nitrogens with one attached hydrogen (secondary N) is 4. The van der Waals surface area contributed by atoms with Crippen LogP contribution < -0.4 is 29.7 Å². The minimum atomic E-state index is -4.61. The average molecular weight is 1070 g/mol. The maximum atomic E-state index is 14.1. The molecule has 2 saturated heterocycles. The molecule has 4 aliphatic rings. The number of nitro groups is 1. The van der Waals surface area contributed by atoms with Crippen LogP contribution in [-0.2, 0) is 16.6 Å². The lowest BCUT2D eigenvalue weighted by Gasteiger charge is -2.58. The summed E-state index contributed by atoms with van der Waals surface area (Å²) in [6.07, 6.45) is 10.1. The molecule has 4 aromatic carbocycles. The van der Waals surface area contributed by atoms with Gasteiger partial charge in [0.2, 0.25) is 0 Å². The number of piperazine rings is 1. The maximum absolute atomic E-state index is 14.1. The topological polar surface area (TPSA) is 225 Å². The minimum absolute atomic E-state index is 0.0489. The summed E-state index contributed by atoms with van der Waals surface area (Å²) < 4.78 is 41.6. The van der Waals surface area contributed by atoms with Crippen LogP contribution in [0, 0.1) is 21.4 Å². The summed E-state index contributed by atoms with van der Waals surface area (Å²) in [6, 6.07) is 29.0. The Morgan fingerprint density at radius 3 is 2.40 bits per heavy atom. The molecule has 77 heavy (non-hydrogen) atoms. The number of pyridine rings is 1. The van der Waals surface area contributed by atoms with Gasteiger partial charge in [-0.1, -0.05) is 50.2 Å². The van der Waals surface area contributed by atoms with Crippen molar-refractivity contribution in [1.82, 2.24) is 29.8 Å². The van der Waals surface area contributed by atoms with Gasteiger partial charge in [-0.3, -0.25) is 19.8 Å². The number of nitrogens with zero attached hydrogens (tertiary/aromatic N) is 5. The van der Waals surface area contributed by atoms with Gasteiger partial charge >= 0.3 is 6.03 Å². The van der Waals surface area contributed by atoms with Crippen molar-refractivity contribution in [2.75, 3.05) is 56.6 Å². The molecule has 2 aliphatic heterocycles. The minimum Gasteiger partial charge on any atom is -0.497 e. The second-order valence-corrected chi connectivity index (χ2v) is 23.8. The number of carbonyl (C=O) groups excluding carboxylic acids is 2. The summed E-state index contributed by atoms with van der Waals surface area (Å²) in [7, 11) is -2.97. The molecule has 406 valence electrons. The van der Waals surface area contributed by atoms with Crippen molar-refractivity contribution in [2.45, 2.75) is 107 Å². The number of urea groups is 1. The van der Waals surface area contributed by atoms with Gasteiger partial charge in [-0.05, 0) is 141 Å². The number of carbonyl (C=O) groups is 2. The molecule has 4 heterocycles. The summed E-state index contributed by atoms with van der Waals surface area (Å²) in [5, 5.41) is 29.6. The van der Waals surface area contributed by atoms with Crippen molar-refractivity contribution < 1.29 is 37.5 Å². The predicted octanol–water partition coefficient (Wildman–Crippen LogP) is 9.88. The molecule has 1 spiro atoms. The summed E-state index contributed by atoms with van der Waals surface area (Å²) in [5.74, 6) is 0.770. The number of rotatable bonds is 16. The molecule has 2 aliphatic carbocycles. The Hall–Kier alpha value is -7.22. The van der Waals surface area contributed by atoms with Gasteiger partial charge in [-0.25, -0.2) is 22.9 Å². The third kappa shape index (κ3) is 11.9. The summed E-state index contributed by atoms with van der Waals surface area (Å²) in [5.41, 5.74) is 4.14. The van der Waals surface area contributed by atoms with Gasteiger partial charge in [0.25, 0.3) is 21.6 Å². The lowest BCUT2D eigenvalue weighted by molar-refractivity contribution is -0.384. The Morgan fingerprint density at radius 2 is 1.68 bits per heavy atom. The number of ether oxygens (including phenoxy) is 2. The highest BCUT2D eigenvalue weighted by Crippen LogP contribution is 2.53. The number of hydrogen-bond acceptors (Lipinski definition) is 13. The summed E-state index contributed by atoms with van der Waals surface area (Å²) in [6.45, 7) is 10.6. The molecule has 6 aromatic rings. The number of amides is 3. The van der Waals surface area contributed by atoms with Crippen molar-refractivity contribution >= 4 is 50.1 Å². The van der Waals surface area contributed by atoms with E-state index >= 15 is 0 Å². The number of fused-ring (bicyclic) bond motifs is 1. The molecule has 0 radical (unpaired) electrons. The number of benzene rings is 4. The molecule has 19 heteroatoms. The Kier molecular flexibility index (Phi) is 15.2. The van der Waals surface area contributed by atoms with E-state index in [1.165, 1.54) is 29.5 Å². The van der Waals surface area contributed by atoms with E-state index in [-0.39, 0.29) is 40.4 Å². The first kappa shape index (κ1) is 53.2. The second-order valence-electron chi connectivity index (χ2n) is 22.1. The van der Waals surface area contributed by atoms with Crippen LogP contribution in [-0.4, -0.2) is 108 Å². The van der Waals surface area contributed by atoms with Crippen LogP contribution in [0.4, 0.5) is 21.9 Å². The Morgan fingerprint density at radius 1 is 0.922 bits per heavy atom. The number of aromatic nitrogens is 2. The number of hydrogen-bond donors (Lipinski definition) is 5. The molecule has 10 rings (SSSR count). The molecule has 4 fully saturated rings. The Balaban J connectivity index is 0.819. The third-order valence-corrected chi connectivity index (χ3v) is 17.9. The third-order valence-electron chi connectivity index (χ3n) is 16.6. The molecule has 5 N–H and O–H groups in total. The van der Waals surface area contributed by atoms with Gasteiger partial charge in [0, 0.05) is 81.3 Å². The predicted molar refractivity (Wildman–Crippen MR) is 295 cm³/mol. The lowest BCUT2D eigenvalue weighted by Crippen LogP contribution is -2.61.